The van der Waals surface area contributed by atoms with E-state index in [-0.39, 0.29) is 12.3 Å². The predicted molar refractivity (Wildman–Crippen MR) is 49.4 cm³/mol. The van der Waals surface area contributed by atoms with Crippen molar-refractivity contribution in [2.45, 2.75) is 0 Å². The Morgan fingerprint density at radius 3 is 2.42 bits per heavy atom. The average molecular weight is 164 g/mol. The zero-order chi connectivity index (χ0) is 8.97. The Labute approximate surface area is 71.6 Å². The molecule has 1 rings (SSSR count). The van der Waals surface area contributed by atoms with E-state index in [2.05, 4.69) is 5.32 Å². The molecule has 1 aromatic rings. The molecule has 0 atom stereocenters. The molecule has 0 spiro atoms. The molecule has 0 saturated carbocycles. The van der Waals surface area contributed by atoms with E-state index >= 15 is 0 Å². The monoisotopic (exact) mass is 164 g/mol. The highest BCUT2D eigenvalue weighted by Crippen LogP contribution is 2.08. The molecule has 0 aromatic heterocycles. The van der Waals surface area contributed by atoms with Crippen LogP contribution in [-0.2, 0) is 0 Å². The van der Waals surface area contributed by atoms with Crippen molar-refractivity contribution >= 4 is 11.5 Å². The van der Waals surface area contributed by atoms with Crippen LogP contribution in [0, 0.1) is 0 Å². The molecule has 0 aliphatic rings. The number of carbonyl (C=O) groups excluding carboxylic acids is 1. The van der Waals surface area contributed by atoms with Crippen LogP contribution in [-0.4, -0.2) is 19.4 Å². The average Bonchev–Trinajstić information content (AvgIpc) is 2.17. The number of ketones is 1. The van der Waals surface area contributed by atoms with Gasteiger partial charge in [0.1, 0.15) is 0 Å². The first kappa shape index (κ1) is 8.74. The molecule has 0 radical (unpaired) electrons. The summed E-state index contributed by atoms with van der Waals surface area (Å²) >= 11 is 0. The molecule has 0 aliphatic carbocycles. The molecule has 0 heterocycles. The van der Waals surface area contributed by atoms with Gasteiger partial charge in [-0.25, -0.2) is 0 Å². The van der Waals surface area contributed by atoms with Gasteiger partial charge in [0.15, 0.2) is 5.78 Å². The summed E-state index contributed by atoms with van der Waals surface area (Å²) in [5, 5.41) is 2.97. The predicted octanol–water partition coefficient (Wildman–Crippen LogP) is 0.870. The Balaban J connectivity index is 2.84. The Kier molecular flexibility index (Phi) is 2.82. The number of nitrogens with one attached hydrogen (secondary N) is 1. The molecule has 0 aliphatic heterocycles. The lowest BCUT2D eigenvalue weighted by atomic mass is 10.1. The second kappa shape index (κ2) is 3.88. The molecule has 64 valence electrons. The quantitative estimate of drug-likeness (QED) is 0.652. The van der Waals surface area contributed by atoms with Crippen molar-refractivity contribution in [2.75, 3.05) is 18.9 Å². The van der Waals surface area contributed by atoms with Gasteiger partial charge in [0, 0.05) is 18.3 Å². The SMILES string of the molecule is CNc1ccc(C(=O)CN)cc1. The van der Waals surface area contributed by atoms with Crippen molar-refractivity contribution in [2.24, 2.45) is 5.73 Å². The smallest absolute Gasteiger partial charge is 0.176 e. The van der Waals surface area contributed by atoms with Crippen LogP contribution >= 0.6 is 0 Å². The van der Waals surface area contributed by atoms with Crippen molar-refractivity contribution < 1.29 is 4.79 Å². The maximum Gasteiger partial charge on any atom is 0.176 e. The van der Waals surface area contributed by atoms with Crippen molar-refractivity contribution in [3.63, 3.8) is 0 Å². The van der Waals surface area contributed by atoms with E-state index in [4.69, 9.17) is 5.73 Å². The maximum atomic E-state index is 11.1. The Morgan fingerprint density at radius 2 is 2.00 bits per heavy atom. The number of nitrogens with two attached hydrogens (primary N) is 1. The van der Waals surface area contributed by atoms with Crippen LogP contribution in [0.4, 0.5) is 5.69 Å². The summed E-state index contributed by atoms with van der Waals surface area (Å²) in [5.74, 6) is -0.0300. The van der Waals surface area contributed by atoms with Gasteiger partial charge in [-0.2, -0.15) is 0 Å². The lowest BCUT2D eigenvalue weighted by Crippen LogP contribution is -2.13. The third-order valence-corrected chi connectivity index (χ3v) is 1.68. The highest BCUT2D eigenvalue weighted by Gasteiger charge is 2.01. The summed E-state index contributed by atoms with van der Waals surface area (Å²) in [7, 11) is 1.83. The molecule has 12 heavy (non-hydrogen) atoms. The Hall–Kier alpha value is -1.35. The van der Waals surface area contributed by atoms with Gasteiger partial charge < -0.3 is 11.1 Å². The summed E-state index contributed by atoms with van der Waals surface area (Å²) in [6.45, 7) is 0.0684. The summed E-state index contributed by atoms with van der Waals surface area (Å²) in [5.41, 5.74) is 6.86. The van der Waals surface area contributed by atoms with E-state index in [0.717, 1.165) is 5.69 Å². The zero-order valence-electron chi connectivity index (χ0n) is 7.00. The molecule has 3 N–H and O–H groups in total. The number of rotatable bonds is 3. The summed E-state index contributed by atoms with van der Waals surface area (Å²) in [4.78, 5) is 11.1. The summed E-state index contributed by atoms with van der Waals surface area (Å²) < 4.78 is 0. The number of carbonyl (C=O) groups is 1. The summed E-state index contributed by atoms with van der Waals surface area (Å²) in [6.07, 6.45) is 0. The molecular weight excluding hydrogens is 152 g/mol. The molecule has 3 nitrogen and oxygen atoms in total. The van der Waals surface area contributed by atoms with Crippen LogP contribution in [0.2, 0.25) is 0 Å². The third-order valence-electron chi connectivity index (χ3n) is 1.68. The Bertz CT molecular complexity index is 266. The minimum absolute atomic E-state index is 0.0300. The first-order valence-corrected chi connectivity index (χ1v) is 3.79. The fraction of sp³-hybridized carbons (Fsp3) is 0.222. The van der Waals surface area contributed by atoms with Crippen LogP contribution < -0.4 is 11.1 Å². The molecule has 0 fully saturated rings. The van der Waals surface area contributed by atoms with Gasteiger partial charge >= 0.3 is 0 Å². The fourth-order valence-corrected chi connectivity index (χ4v) is 0.941. The van der Waals surface area contributed by atoms with E-state index in [1.807, 2.05) is 19.2 Å². The Morgan fingerprint density at radius 1 is 1.42 bits per heavy atom. The van der Waals surface area contributed by atoms with Gasteiger partial charge in [-0.3, -0.25) is 4.79 Å². The number of hydrogen-bond acceptors (Lipinski definition) is 3. The molecule has 0 bridgehead atoms. The van der Waals surface area contributed by atoms with Gasteiger partial charge in [-0.15, -0.1) is 0 Å². The number of anilines is 1. The first-order chi connectivity index (χ1) is 5.77. The van der Waals surface area contributed by atoms with Crippen molar-refractivity contribution in [3.8, 4) is 0 Å². The van der Waals surface area contributed by atoms with Gasteiger partial charge in [0.05, 0.1) is 6.54 Å². The first-order valence-electron chi connectivity index (χ1n) is 3.79. The normalized spacial score (nSPS) is 9.50. The molecular formula is C9H12N2O. The van der Waals surface area contributed by atoms with Crippen LogP contribution in [0.5, 0.6) is 0 Å². The minimum atomic E-state index is -0.0300. The van der Waals surface area contributed by atoms with E-state index < -0.39 is 0 Å². The number of Topliss-reactive ketones (excluding diaryl/α,β-unsaturated/α-hetero) is 1. The lowest BCUT2D eigenvalue weighted by molar-refractivity contribution is 0.100. The van der Waals surface area contributed by atoms with Crippen LogP contribution in [0.25, 0.3) is 0 Å². The van der Waals surface area contributed by atoms with Crippen LogP contribution in [0.3, 0.4) is 0 Å². The van der Waals surface area contributed by atoms with Crippen LogP contribution in [0.1, 0.15) is 10.4 Å². The number of benzene rings is 1. The standard InChI is InChI=1S/C9H12N2O/c1-11-8-4-2-7(3-5-8)9(12)6-10/h2-5,11H,6,10H2,1H3. The largest absolute Gasteiger partial charge is 0.388 e. The van der Waals surface area contributed by atoms with E-state index in [1.165, 1.54) is 0 Å². The third kappa shape index (κ3) is 1.83. The molecule has 0 unspecified atom stereocenters. The van der Waals surface area contributed by atoms with Crippen molar-refractivity contribution in [1.82, 2.24) is 0 Å². The topological polar surface area (TPSA) is 55.1 Å². The molecule has 0 saturated heterocycles. The van der Waals surface area contributed by atoms with Gasteiger partial charge in [-0.05, 0) is 24.3 Å². The number of hydrogen-bond donors (Lipinski definition) is 2. The van der Waals surface area contributed by atoms with Crippen LogP contribution in [0.15, 0.2) is 24.3 Å². The lowest BCUT2D eigenvalue weighted by Gasteiger charge is -2.00. The maximum absolute atomic E-state index is 11.1. The molecule has 1 aromatic carbocycles. The minimum Gasteiger partial charge on any atom is -0.388 e. The van der Waals surface area contributed by atoms with Crippen molar-refractivity contribution in [1.29, 1.82) is 0 Å². The highest BCUT2D eigenvalue weighted by molar-refractivity contribution is 5.97. The molecule has 0 amide bonds. The van der Waals surface area contributed by atoms with Gasteiger partial charge in [0.2, 0.25) is 0 Å². The van der Waals surface area contributed by atoms with Gasteiger partial charge in [0.25, 0.3) is 0 Å². The highest BCUT2D eigenvalue weighted by atomic mass is 16.1. The van der Waals surface area contributed by atoms with E-state index in [0.29, 0.717) is 5.56 Å². The second-order valence-electron chi connectivity index (χ2n) is 2.45. The van der Waals surface area contributed by atoms with E-state index in [9.17, 15) is 4.79 Å². The zero-order valence-corrected chi connectivity index (χ0v) is 7.00. The summed E-state index contributed by atoms with van der Waals surface area (Å²) in [6, 6.07) is 7.23. The van der Waals surface area contributed by atoms with Crippen molar-refractivity contribution in [3.05, 3.63) is 29.8 Å². The fourth-order valence-electron chi connectivity index (χ4n) is 0.941. The second-order valence-corrected chi connectivity index (χ2v) is 2.45. The molecule has 3 heteroatoms. The van der Waals surface area contributed by atoms with Gasteiger partial charge in [-0.1, -0.05) is 0 Å². The van der Waals surface area contributed by atoms with E-state index in [1.54, 1.807) is 12.1 Å².